The molecule has 0 aliphatic heterocycles. The Hall–Kier alpha value is -3.40. The van der Waals surface area contributed by atoms with E-state index >= 15 is 0 Å². The van der Waals surface area contributed by atoms with Crippen LogP contribution < -0.4 is 15.4 Å². The average Bonchev–Trinajstić information content (AvgIpc) is 3.19. The van der Waals surface area contributed by atoms with Crippen molar-refractivity contribution in [3.8, 4) is 5.75 Å². The van der Waals surface area contributed by atoms with Gasteiger partial charge in [0, 0.05) is 24.3 Å². The summed E-state index contributed by atoms with van der Waals surface area (Å²) in [6.07, 6.45) is -0.540. The Kier molecular flexibility index (Phi) is 8.05. The zero-order valence-corrected chi connectivity index (χ0v) is 19.6. The number of thioether (sulfide) groups is 1. The summed E-state index contributed by atoms with van der Waals surface area (Å²) < 4.78 is 21.6. The summed E-state index contributed by atoms with van der Waals surface area (Å²) in [5.41, 5.74) is 1.27. The lowest BCUT2D eigenvalue weighted by Gasteiger charge is -2.19. The maximum absolute atomic E-state index is 14.0. The van der Waals surface area contributed by atoms with Gasteiger partial charge in [-0.05, 0) is 57.2 Å². The number of carbonyl (C=O) groups is 2. The number of halogens is 1. The molecule has 10 heteroatoms. The van der Waals surface area contributed by atoms with Gasteiger partial charge in [0.25, 0.3) is 0 Å². The van der Waals surface area contributed by atoms with Crippen molar-refractivity contribution in [2.75, 3.05) is 16.4 Å². The maximum Gasteiger partial charge on any atom is 0.234 e. The molecule has 2 N–H and O–H groups in total. The van der Waals surface area contributed by atoms with Crippen LogP contribution in [0.15, 0.2) is 53.7 Å². The Bertz CT molecular complexity index is 1120. The van der Waals surface area contributed by atoms with Gasteiger partial charge in [-0.1, -0.05) is 23.9 Å². The van der Waals surface area contributed by atoms with Crippen molar-refractivity contribution in [2.45, 2.75) is 45.0 Å². The largest absolute Gasteiger partial charge is 0.480 e. The number of para-hydroxylation sites is 1. The molecular formula is C23H26FN5O3S. The molecule has 174 valence electrons. The van der Waals surface area contributed by atoms with Crippen molar-refractivity contribution >= 4 is 35.0 Å². The van der Waals surface area contributed by atoms with Crippen LogP contribution in [0, 0.1) is 5.82 Å². The highest BCUT2D eigenvalue weighted by molar-refractivity contribution is 7.99. The predicted octanol–water partition coefficient (Wildman–Crippen LogP) is 4.83. The highest BCUT2D eigenvalue weighted by Crippen LogP contribution is 2.28. The van der Waals surface area contributed by atoms with E-state index in [1.54, 1.807) is 49.4 Å². The van der Waals surface area contributed by atoms with Crippen molar-refractivity contribution in [2.24, 2.45) is 0 Å². The number of nitrogens with one attached hydrogen (secondary N) is 2. The molecule has 33 heavy (non-hydrogen) atoms. The molecule has 1 heterocycles. The predicted molar refractivity (Wildman–Crippen MR) is 126 cm³/mol. The monoisotopic (exact) mass is 471 g/mol. The van der Waals surface area contributed by atoms with Gasteiger partial charge in [-0.25, -0.2) is 4.39 Å². The Morgan fingerprint density at radius 3 is 2.27 bits per heavy atom. The first-order chi connectivity index (χ1) is 15.7. The second-order valence-electron chi connectivity index (χ2n) is 7.59. The van der Waals surface area contributed by atoms with Crippen LogP contribution in [0.5, 0.6) is 5.75 Å². The zero-order valence-electron chi connectivity index (χ0n) is 18.8. The summed E-state index contributed by atoms with van der Waals surface area (Å²) in [6, 6.07) is 13.0. The van der Waals surface area contributed by atoms with E-state index in [0.29, 0.717) is 22.4 Å². The van der Waals surface area contributed by atoms with Crippen LogP contribution in [-0.2, 0) is 9.59 Å². The molecule has 0 bridgehead atoms. The molecule has 0 radical (unpaired) electrons. The van der Waals surface area contributed by atoms with E-state index in [1.807, 2.05) is 18.4 Å². The highest BCUT2D eigenvalue weighted by Gasteiger charge is 2.22. The molecule has 3 aromatic rings. The van der Waals surface area contributed by atoms with Gasteiger partial charge in [0.15, 0.2) is 28.7 Å². The molecule has 0 aliphatic carbocycles. The topological polar surface area (TPSA) is 98.1 Å². The van der Waals surface area contributed by atoms with E-state index in [-0.39, 0.29) is 29.4 Å². The lowest BCUT2D eigenvalue weighted by molar-refractivity contribution is -0.114. The standard InChI is InChI=1S/C23H26FN5O3S/c1-14(2)29-22(15(3)32-20-8-6-5-7-19(20)24)27-28-23(29)33-13-21(31)26-18-11-9-17(10-12-18)25-16(4)30/h5-12,14-15H,13H2,1-4H3,(H,25,30)(H,26,31). The molecule has 3 rings (SSSR count). The number of carbonyl (C=O) groups excluding carboxylic acids is 2. The molecule has 2 amide bonds. The first-order valence-corrected chi connectivity index (χ1v) is 11.4. The molecule has 0 saturated carbocycles. The molecule has 2 aromatic carbocycles. The van der Waals surface area contributed by atoms with Crippen LogP contribution in [0.25, 0.3) is 0 Å². The van der Waals surface area contributed by atoms with E-state index in [0.717, 1.165) is 0 Å². The average molecular weight is 472 g/mol. The molecule has 1 unspecified atom stereocenters. The van der Waals surface area contributed by atoms with Crippen molar-refractivity contribution < 1.29 is 18.7 Å². The fourth-order valence-electron chi connectivity index (χ4n) is 3.10. The minimum Gasteiger partial charge on any atom is -0.480 e. The number of benzene rings is 2. The second kappa shape index (κ2) is 11.0. The van der Waals surface area contributed by atoms with E-state index in [9.17, 15) is 14.0 Å². The molecule has 0 spiro atoms. The fourth-order valence-corrected chi connectivity index (χ4v) is 3.97. The minimum absolute atomic E-state index is 0.00792. The Labute approximate surface area is 195 Å². The summed E-state index contributed by atoms with van der Waals surface area (Å²) >= 11 is 1.25. The van der Waals surface area contributed by atoms with E-state index in [4.69, 9.17) is 4.74 Å². The molecule has 0 aliphatic rings. The first-order valence-electron chi connectivity index (χ1n) is 10.4. The van der Waals surface area contributed by atoms with Crippen LogP contribution in [0.4, 0.5) is 15.8 Å². The lowest BCUT2D eigenvalue weighted by Crippen LogP contribution is -2.17. The van der Waals surface area contributed by atoms with Gasteiger partial charge in [-0.3, -0.25) is 9.59 Å². The van der Waals surface area contributed by atoms with Gasteiger partial charge >= 0.3 is 0 Å². The van der Waals surface area contributed by atoms with Gasteiger partial charge in [0.05, 0.1) is 5.75 Å². The summed E-state index contributed by atoms with van der Waals surface area (Å²) in [7, 11) is 0. The van der Waals surface area contributed by atoms with Crippen LogP contribution in [0.2, 0.25) is 0 Å². The molecule has 0 fully saturated rings. The third-order valence-corrected chi connectivity index (χ3v) is 5.48. The van der Waals surface area contributed by atoms with Crippen LogP contribution in [0.1, 0.15) is 45.7 Å². The molecular weight excluding hydrogens is 445 g/mol. The van der Waals surface area contributed by atoms with E-state index in [2.05, 4.69) is 20.8 Å². The number of anilines is 2. The van der Waals surface area contributed by atoms with Gasteiger partial charge in [-0.2, -0.15) is 0 Å². The second-order valence-corrected chi connectivity index (χ2v) is 8.53. The molecule has 1 atom stereocenters. The van der Waals surface area contributed by atoms with Crippen molar-refractivity contribution in [3.05, 3.63) is 60.2 Å². The third kappa shape index (κ3) is 6.55. The number of amides is 2. The maximum atomic E-state index is 14.0. The zero-order chi connectivity index (χ0) is 24.0. The van der Waals surface area contributed by atoms with E-state index < -0.39 is 11.9 Å². The molecule has 1 aromatic heterocycles. The van der Waals surface area contributed by atoms with Crippen LogP contribution >= 0.6 is 11.8 Å². The normalized spacial score (nSPS) is 11.8. The minimum atomic E-state index is -0.540. The Morgan fingerprint density at radius 1 is 1.03 bits per heavy atom. The summed E-state index contributed by atoms with van der Waals surface area (Å²) in [5.74, 6) is -0.00314. The molecule has 8 nitrogen and oxygen atoms in total. The number of hydrogen-bond donors (Lipinski definition) is 2. The van der Waals surface area contributed by atoms with Gasteiger partial charge in [0.1, 0.15) is 0 Å². The van der Waals surface area contributed by atoms with Crippen LogP contribution in [-0.4, -0.2) is 32.3 Å². The van der Waals surface area contributed by atoms with Gasteiger partial charge in [-0.15, -0.1) is 10.2 Å². The number of nitrogens with zero attached hydrogens (tertiary/aromatic N) is 3. The SMILES string of the molecule is CC(=O)Nc1ccc(NC(=O)CSc2nnc(C(C)Oc3ccccc3F)n2C(C)C)cc1. The van der Waals surface area contributed by atoms with Gasteiger partial charge < -0.3 is 19.9 Å². The van der Waals surface area contributed by atoms with Crippen LogP contribution in [0.3, 0.4) is 0 Å². The molecule has 0 saturated heterocycles. The van der Waals surface area contributed by atoms with Gasteiger partial charge in [0.2, 0.25) is 11.8 Å². The lowest BCUT2D eigenvalue weighted by atomic mass is 10.3. The third-order valence-electron chi connectivity index (χ3n) is 4.53. The smallest absolute Gasteiger partial charge is 0.234 e. The van der Waals surface area contributed by atoms with E-state index in [1.165, 1.54) is 24.8 Å². The first kappa shape index (κ1) is 24.2. The number of hydrogen-bond acceptors (Lipinski definition) is 6. The van der Waals surface area contributed by atoms with Crippen molar-refractivity contribution in [1.82, 2.24) is 14.8 Å². The van der Waals surface area contributed by atoms with Crippen molar-refractivity contribution in [1.29, 1.82) is 0 Å². The fraction of sp³-hybridized carbons (Fsp3) is 0.304. The highest BCUT2D eigenvalue weighted by atomic mass is 32.2. The Balaban J connectivity index is 1.64. The number of ether oxygens (including phenoxy) is 1. The number of rotatable bonds is 9. The quantitative estimate of drug-likeness (QED) is 0.434. The number of aromatic nitrogens is 3. The Morgan fingerprint density at radius 2 is 1.67 bits per heavy atom. The van der Waals surface area contributed by atoms with Crippen molar-refractivity contribution in [3.63, 3.8) is 0 Å². The summed E-state index contributed by atoms with van der Waals surface area (Å²) in [5, 5.41) is 14.5. The summed E-state index contributed by atoms with van der Waals surface area (Å²) in [6.45, 7) is 7.16. The summed E-state index contributed by atoms with van der Waals surface area (Å²) in [4.78, 5) is 23.5.